The zero-order chi connectivity index (χ0) is 7.14. The average Bonchev–Trinajstić information content (AvgIpc) is 2.43. The molecule has 0 aromatic heterocycles. The van der Waals surface area contributed by atoms with Gasteiger partial charge >= 0.3 is 0 Å². The summed E-state index contributed by atoms with van der Waals surface area (Å²) in [5, 5.41) is 0. The Bertz CT molecular complexity index is 163. The second kappa shape index (κ2) is 2.06. The van der Waals surface area contributed by atoms with E-state index in [0.29, 0.717) is 12.3 Å². The van der Waals surface area contributed by atoms with Crippen molar-refractivity contribution in [3.63, 3.8) is 0 Å². The summed E-state index contributed by atoms with van der Waals surface area (Å²) in [6, 6.07) is 0. The largest absolute Gasteiger partial charge is 0.299 e. The van der Waals surface area contributed by atoms with Gasteiger partial charge in [-0.15, -0.1) is 0 Å². The normalized spacial score (nSPS) is 40.7. The van der Waals surface area contributed by atoms with E-state index in [1.165, 1.54) is 6.42 Å². The maximum Gasteiger partial charge on any atom is 0.147 e. The number of rotatable bonds is 0. The summed E-state index contributed by atoms with van der Waals surface area (Å²) in [5.74, 6) is 2.06. The van der Waals surface area contributed by atoms with Gasteiger partial charge in [0, 0.05) is 13.0 Å². The van der Waals surface area contributed by atoms with Crippen LogP contribution < -0.4 is 0 Å². The van der Waals surface area contributed by atoms with Crippen LogP contribution in [0.25, 0.3) is 0 Å². The minimum Gasteiger partial charge on any atom is -0.299 e. The van der Waals surface area contributed by atoms with Gasteiger partial charge in [-0.2, -0.15) is 0 Å². The second-order valence-electron chi connectivity index (χ2n) is 3.70. The van der Waals surface area contributed by atoms with Crippen LogP contribution in [0.4, 0.5) is 0 Å². The molecule has 0 N–H and O–H groups in total. The molecule has 2 atom stereocenters. The van der Waals surface area contributed by atoms with Gasteiger partial charge in [-0.25, -0.2) is 0 Å². The molecule has 2 nitrogen and oxygen atoms in total. The van der Waals surface area contributed by atoms with E-state index < -0.39 is 0 Å². The Morgan fingerprint density at radius 3 is 3.10 bits per heavy atom. The van der Waals surface area contributed by atoms with Crippen LogP contribution in [-0.4, -0.2) is 30.8 Å². The van der Waals surface area contributed by atoms with Gasteiger partial charge in [0.1, 0.15) is 5.78 Å². The Balaban J connectivity index is 2.02. The first kappa shape index (κ1) is 6.35. The van der Waals surface area contributed by atoms with Crippen LogP contribution in [0.15, 0.2) is 0 Å². The lowest BCUT2D eigenvalue weighted by atomic mass is 10.2. The van der Waals surface area contributed by atoms with Gasteiger partial charge in [0.2, 0.25) is 0 Å². The molecular weight excluding hydrogens is 126 g/mol. The number of ketones is 1. The molecule has 0 aromatic rings. The topological polar surface area (TPSA) is 20.3 Å². The number of hydrogen-bond acceptors (Lipinski definition) is 2. The van der Waals surface area contributed by atoms with Gasteiger partial charge in [-0.1, -0.05) is 0 Å². The molecule has 56 valence electrons. The SMILES string of the molecule is CN1CC(=O)CC2CC2C1. The average molecular weight is 139 g/mol. The van der Waals surface area contributed by atoms with Gasteiger partial charge in [-0.05, 0) is 25.3 Å². The summed E-state index contributed by atoms with van der Waals surface area (Å²) < 4.78 is 0. The first-order chi connectivity index (χ1) is 4.75. The number of carbonyl (C=O) groups excluding carboxylic acids is 1. The second-order valence-corrected chi connectivity index (χ2v) is 3.70. The molecule has 2 heteroatoms. The van der Waals surface area contributed by atoms with Crippen LogP contribution in [-0.2, 0) is 4.79 Å². The highest BCUT2D eigenvalue weighted by Crippen LogP contribution is 2.43. The van der Waals surface area contributed by atoms with Crippen LogP contribution in [0.1, 0.15) is 12.8 Å². The summed E-state index contributed by atoms with van der Waals surface area (Å²) in [6.07, 6.45) is 2.16. The van der Waals surface area contributed by atoms with Crippen molar-refractivity contribution in [1.29, 1.82) is 0 Å². The van der Waals surface area contributed by atoms with E-state index in [4.69, 9.17) is 0 Å². The standard InChI is InChI=1S/C8H13NO/c1-9-4-7-2-6(7)3-8(10)5-9/h6-7H,2-5H2,1H3. The fourth-order valence-electron chi connectivity index (χ4n) is 1.91. The van der Waals surface area contributed by atoms with Crippen LogP contribution in [0.3, 0.4) is 0 Å². The maximum absolute atomic E-state index is 11.1. The first-order valence-corrected chi connectivity index (χ1v) is 3.96. The highest BCUT2D eigenvalue weighted by Gasteiger charge is 2.41. The maximum atomic E-state index is 11.1. The predicted molar refractivity (Wildman–Crippen MR) is 38.7 cm³/mol. The summed E-state index contributed by atoms with van der Waals surface area (Å²) >= 11 is 0. The van der Waals surface area contributed by atoms with Crippen molar-refractivity contribution in [1.82, 2.24) is 4.90 Å². The van der Waals surface area contributed by atoms with E-state index in [2.05, 4.69) is 4.90 Å². The molecule has 2 fully saturated rings. The van der Waals surface area contributed by atoms with Crippen LogP contribution in [0, 0.1) is 11.8 Å². The van der Waals surface area contributed by atoms with Gasteiger partial charge in [-0.3, -0.25) is 9.69 Å². The molecule has 0 spiro atoms. The van der Waals surface area contributed by atoms with Crippen molar-refractivity contribution in [2.75, 3.05) is 20.1 Å². The summed E-state index contributed by atoms with van der Waals surface area (Å²) in [5.41, 5.74) is 0. The fraction of sp³-hybridized carbons (Fsp3) is 0.875. The van der Waals surface area contributed by atoms with Crippen molar-refractivity contribution < 1.29 is 4.79 Å². The van der Waals surface area contributed by atoms with Gasteiger partial charge in [0.05, 0.1) is 6.54 Å². The number of fused-ring (bicyclic) bond motifs is 1. The molecular formula is C8H13NO. The molecule has 0 aromatic carbocycles. The number of nitrogens with zero attached hydrogens (tertiary/aromatic N) is 1. The third-order valence-electron chi connectivity index (χ3n) is 2.55. The van der Waals surface area contributed by atoms with E-state index in [0.717, 1.165) is 24.8 Å². The van der Waals surface area contributed by atoms with E-state index in [1.54, 1.807) is 0 Å². The minimum atomic E-state index is 0.438. The van der Waals surface area contributed by atoms with Crippen molar-refractivity contribution in [3.8, 4) is 0 Å². The lowest BCUT2D eigenvalue weighted by Crippen LogP contribution is -2.25. The molecule has 0 radical (unpaired) electrons. The fourth-order valence-corrected chi connectivity index (χ4v) is 1.91. The monoisotopic (exact) mass is 139 g/mol. The third-order valence-corrected chi connectivity index (χ3v) is 2.55. The number of likely N-dealkylation sites (tertiary alicyclic amines) is 1. The van der Waals surface area contributed by atoms with Crippen molar-refractivity contribution in [2.24, 2.45) is 11.8 Å². The lowest BCUT2D eigenvalue weighted by Gasteiger charge is -2.11. The van der Waals surface area contributed by atoms with Crippen LogP contribution in [0.2, 0.25) is 0 Å². The Morgan fingerprint density at radius 1 is 1.50 bits per heavy atom. The zero-order valence-electron chi connectivity index (χ0n) is 6.34. The molecule has 1 saturated heterocycles. The number of hydrogen-bond donors (Lipinski definition) is 0. The van der Waals surface area contributed by atoms with Gasteiger partial charge in [0.25, 0.3) is 0 Å². The molecule has 1 aliphatic heterocycles. The number of carbonyl (C=O) groups is 1. The number of likely N-dealkylation sites (N-methyl/N-ethyl adjacent to an activating group) is 1. The molecule has 0 bridgehead atoms. The molecule has 1 heterocycles. The Labute approximate surface area is 61.2 Å². The van der Waals surface area contributed by atoms with Gasteiger partial charge in [0.15, 0.2) is 0 Å². The molecule has 0 amide bonds. The molecule has 1 aliphatic carbocycles. The van der Waals surface area contributed by atoms with E-state index >= 15 is 0 Å². The van der Waals surface area contributed by atoms with Crippen molar-refractivity contribution in [2.45, 2.75) is 12.8 Å². The Hall–Kier alpha value is -0.370. The summed E-state index contributed by atoms with van der Waals surface area (Å²) in [7, 11) is 2.04. The molecule has 1 saturated carbocycles. The molecule has 10 heavy (non-hydrogen) atoms. The van der Waals surface area contributed by atoms with Crippen molar-refractivity contribution >= 4 is 5.78 Å². The zero-order valence-corrected chi connectivity index (χ0v) is 6.34. The highest BCUT2D eigenvalue weighted by molar-refractivity contribution is 5.81. The molecule has 2 unspecified atom stereocenters. The van der Waals surface area contributed by atoms with Gasteiger partial charge < -0.3 is 0 Å². The summed E-state index contributed by atoms with van der Waals surface area (Å²) in [6.45, 7) is 1.84. The minimum absolute atomic E-state index is 0.438. The Morgan fingerprint density at radius 2 is 2.30 bits per heavy atom. The smallest absolute Gasteiger partial charge is 0.147 e. The molecule has 2 aliphatic rings. The highest BCUT2D eigenvalue weighted by atomic mass is 16.1. The third kappa shape index (κ3) is 1.08. The summed E-state index contributed by atoms with van der Waals surface area (Å²) in [4.78, 5) is 13.2. The molecule has 2 rings (SSSR count). The quantitative estimate of drug-likeness (QED) is 0.488. The Kier molecular flexibility index (Phi) is 1.31. The van der Waals surface area contributed by atoms with E-state index in [-0.39, 0.29) is 0 Å². The van der Waals surface area contributed by atoms with Crippen LogP contribution in [0.5, 0.6) is 0 Å². The van der Waals surface area contributed by atoms with E-state index in [9.17, 15) is 4.79 Å². The van der Waals surface area contributed by atoms with Crippen LogP contribution >= 0.6 is 0 Å². The predicted octanol–water partition coefficient (Wildman–Crippen LogP) is 0.527. The first-order valence-electron chi connectivity index (χ1n) is 3.96. The number of Topliss-reactive ketones (excluding diaryl/α,β-unsaturated/α-hetero) is 1. The lowest BCUT2D eigenvalue weighted by molar-refractivity contribution is -0.119. The van der Waals surface area contributed by atoms with Crippen molar-refractivity contribution in [3.05, 3.63) is 0 Å². The van der Waals surface area contributed by atoms with E-state index in [1.807, 2.05) is 7.05 Å².